The zero-order valence-electron chi connectivity index (χ0n) is 11.2. The maximum Gasteiger partial charge on any atom is 0.342 e. The molecule has 0 fully saturated rings. The molecule has 0 amide bonds. The standard InChI is InChI=1S/C12H12N6O2S/c1-8-14-7-11(18(19)20)17(8)4-3-13-12-15-6-10-9(16-12)2-5-21-10/h2,5-7H,3-4H2,1H3,(H,13,15,16). The predicted octanol–water partition coefficient (Wildman–Crippen LogP) is 2.22. The molecule has 0 unspecified atom stereocenters. The predicted molar refractivity (Wildman–Crippen MR) is 79.5 cm³/mol. The summed E-state index contributed by atoms with van der Waals surface area (Å²) in [5.74, 6) is 1.11. The summed E-state index contributed by atoms with van der Waals surface area (Å²) in [7, 11) is 0. The number of aryl methyl sites for hydroxylation is 1. The summed E-state index contributed by atoms with van der Waals surface area (Å²) in [5, 5.41) is 15.9. The molecular formula is C12H12N6O2S. The number of nitrogens with one attached hydrogen (secondary N) is 1. The van der Waals surface area contributed by atoms with Gasteiger partial charge in [-0.3, -0.25) is 0 Å². The SMILES string of the molecule is Cc1ncc([N+](=O)[O-])n1CCNc1ncc2sccc2n1. The van der Waals surface area contributed by atoms with E-state index in [1.54, 1.807) is 29.0 Å². The molecule has 9 heteroatoms. The summed E-state index contributed by atoms with van der Waals surface area (Å²) in [6.07, 6.45) is 3.03. The van der Waals surface area contributed by atoms with Crippen LogP contribution in [-0.4, -0.2) is 31.0 Å². The van der Waals surface area contributed by atoms with Crippen LogP contribution in [0.15, 0.2) is 23.8 Å². The summed E-state index contributed by atoms with van der Waals surface area (Å²) in [5.41, 5.74) is 0.891. The van der Waals surface area contributed by atoms with Gasteiger partial charge in [-0.2, -0.15) is 0 Å². The van der Waals surface area contributed by atoms with E-state index >= 15 is 0 Å². The van der Waals surface area contributed by atoms with Crippen LogP contribution in [0, 0.1) is 17.0 Å². The number of anilines is 1. The lowest BCUT2D eigenvalue weighted by molar-refractivity contribution is -0.392. The number of thiophene rings is 1. The highest BCUT2D eigenvalue weighted by atomic mass is 32.1. The molecule has 3 rings (SSSR count). The first-order chi connectivity index (χ1) is 10.1. The Bertz CT molecular complexity index is 796. The van der Waals surface area contributed by atoms with Gasteiger partial charge in [0.2, 0.25) is 5.95 Å². The van der Waals surface area contributed by atoms with E-state index in [0.29, 0.717) is 24.9 Å². The second kappa shape index (κ2) is 5.44. The van der Waals surface area contributed by atoms with Crippen molar-refractivity contribution in [3.8, 4) is 0 Å². The Morgan fingerprint density at radius 2 is 2.29 bits per heavy atom. The third kappa shape index (κ3) is 2.68. The van der Waals surface area contributed by atoms with Gasteiger partial charge in [0.15, 0.2) is 5.82 Å². The van der Waals surface area contributed by atoms with Crippen molar-refractivity contribution < 1.29 is 4.92 Å². The summed E-state index contributed by atoms with van der Waals surface area (Å²) >= 11 is 1.58. The molecule has 0 atom stereocenters. The van der Waals surface area contributed by atoms with Gasteiger partial charge in [-0.15, -0.1) is 11.3 Å². The van der Waals surface area contributed by atoms with Gasteiger partial charge in [0.25, 0.3) is 0 Å². The first kappa shape index (κ1) is 13.4. The van der Waals surface area contributed by atoms with E-state index in [1.165, 1.54) is 6.20 Å². The van der Waals surface area contributed by atoms with Crippen LogP contribution in [0.3, 0.4) is 0 Å². The van der Waals surface area contributed by atoms with E-state index in [9.17, 15) is 10.1 Å². The minimum absolute atomic E-state index is 0.0106. The summed E-state index contributed by atoms with van der Waals surface area (Å²) in [4.78, 5) is 23.0. The number of fused-ring (bicyclic) bond motifs is 1. The first-order valence-electron chi connectivity index (χ1n) is 6.26. The Morgan fingerprint density at radius 3 is 3.10 bits per heavy atom. The van der Waals surface area contributed by atoms with Crippen LogP contribution in [0.4, 0.5) is 11.8 Å². The van der Waals surface area contributed by atoms with Crippen LogP contribution < -0.4 is 5.32 Å². The van der Waals surface area contributed by atoms with Crippen LogP contribution in [0.2, 0.25) is 0 Å². The first-order valence-corrected chi connectivity index (χ1v) is 7.14. The molecule has 21 heavy (non-hydrogen) atoms. The van der Waals surface area contributed by atoms with Gasteiger partial charge in [0.1, 0.15) is 12.7 Å². The van der Waals surface area contributed by atoms with Crippen molar-refractivity contribution in [2.24, 2.45) is 0 Å². The fourth-order valence-corrected chi connectivity index (χ4v) is 2.70. The number of aromatic nitrogens is 4. The molecule has 3 aromatic heterocycles. The van der Waals surface area contributed by atoms with E-state index in [-0.39, 0.29) is 5.82 Å². The van der Waals surface area contributed by atoms with Crippen LogP contribution in [0.1, 0.15) is 5.82 Å². The largest absolute Gasteiger partial charge is 0.358 e. The van der Waals surface area contributed by atoms with E-state index in [4.69, 9.17) is 0 Å². The monoisotopic (exact) mass is 304 g/mol. The lowest BCUT2D eigenvalue weighted by atomic mass is 10.5. The van der Waals surface area contributed by atoms with Gasteiger partial charge in [-0.1, -0.05) is 0 Å². The minimum Gasteiger partial charge on any atom is -0.358 e. The topological polar surface area (TPSA) is 98.8 Å². The second-order valence-corrected chi connectivity index (χ2v) is 5.31. The summed E-state index contributed by atoms with van der Waals surface area (Å²) in [6.45, 7) is 2.64. The zero-order chi connectivity index (χ0) is 14.8. The van der Waals surface area contributed by atoms with Gasteiger partial charge in [0, 0.05) is 6.92 Å². The molecule has 8 nitrogen and oxygen atoms in total. The molecule has 0 saturated carbocycles. The van der Waals surface area contributed by atoms with Crippen LogP contribution >= 0.6 is 11.3 Å². The van der Waals surface area contributed by atoms with E-state index in [1.807, 2.05) is 11.4 Å². The molecule has 108 valence electrons. The van der Waals surface area contributed by atoms with Crippen LogP contribution in [0.5, 0.6) is 0 Å². The quantitative estimate of drug-likeness (QED) is 0.573. The summed E-state index contributed by atoms with van der Waals surface area (Å²) in [6, 6.07) is 1.93. The third-order valence-corrected chi connectivity index (χ3v) is 3.88. The second-order valence-electron chi connectivity index (χ2n) is 4.36. The molecule has 3 heterocycles. The molecule has 0 aromatic carbocycles. The Labute approximate surface area is 123 Å². The van der Waals surface area contributed by atoms with Crippen molar-refractivity contribution >= 4 is 33.3 Å². The van der Waals surface area contributed by atoms with Crippen molar-refractivity contribution in [1.82, 2.24) is 19.5 Å². The molecule has 0 aliphatic carbocycles. The van der Waals surface area contributed by atoms with Crippen LogP contribution in [-0.2, 0) is 6.54 Å². The lowest BCUT2D eigenvalue weighted by Gasteiger charge is -2.05. The normalized spacial score (nSPS) is 10.9. The lowest BCUT2D eigenvalue weighted by Crippen LogP contribution is -2.14. The molecule has 0 aliphatic rings. The fourth-order valence-electron chi connectivity index (χ4n) is 2.01. The highest BCUT2D eigenvalue weighted by molar-refractivity contribution is 7.17. The summed E-state index contributed by atoms with van der Waals surface area (Å²) < 4.78 is 2.58. The molecule has 0 radical (unpaired) electrons. The van der Waals surface area contributed by atoms with Gasteiger partial charge in [-0.05, 0) is 16.4 Å². The minimum atomic E-state index is -0.437. The van der Waals surface area contributed by atoms with Crippen LogP contribution in [0.25, 0.3) is 10.2 Å². The zero-order valence-corrected chi connectivity index (χ0v) is 12.0. The Hall–Kier alpha value is -2.55. The highest BCUT2D eigenvalue weighted by Crippen LogP contribution is 2.18. The smallest absolute Gasteiger partial charge is 0.342 e. The Kier molecular flexibility index (Phi) is 3.48. The number of hydrogen-bond donors (Lipinski definition) is 1. The van der Waals surface area contributed by atoms with Crippen molar-refractivity contribution in [1.29, 1.82) is 0 Å². The molecule has 0 bridgehead atoms. The van der Waals surface area contributed by atoms with Crippen molar-refractivity contribution in [3.05, 3.63) is 39.8 Å². The van der Waals surface area contributed by atoms with Gasteiger partial charge in [0.05, 0.1) is 23.0 Å². The van der Waals surface area contributed by atoms with E-state index in [0.717, 1.165) is 10.2 Å². The third-order valence-electron chi connectivity index (χ3n) is 3.04. The molecule has 0 spiro atoms. The van der Waals surface area contributed by atoms with Crippen molar-refractivity contribution in [2.75, 3.05) is 11.9 Å². The average Bonchev–Trinajstić information content (AvgIpc) is 3.05. The number of rotatable bonds is 5. The van der Waals surface area contributed by atoms with Crippen molar-refractivity contribution in [2.45, 2.75) is 13.5 Å². The highest BCUT2D eigenvalue weighted by Gasteiger charge is 2.16. The number of nitrogens with zero attached hydrogens (tertiary/aromatic N) is 5. The molecule has 1 N–H and O–H groups in total. The maximum absolute atomic E-state index is 10.9. The van der Waals surface area contributed by atoms with Gasteiger partial charge >= 0.3 is 5.82 Å². The van der Waals surface area contributed by atoms with Gasteiger partial charge in [-0.25, -0.2) is 19.5 Å². The Balaban J connectivity index is 1.68. The van der Waals surface area contributed by atoms with Gasteiger partial charge < -0.3 is 15.4 Å². The fraction of sp³-hybridized carbons (Fsp3) is 0.250. The molecular weight excluding hydrogens is 292 g/mol. The number of hydrogen-bond acceptors (Lipinski definition) is 7. The number of imidazole rings is 1. The average molecular weight is 304 g/mol. The van der Waals surface area contributed by atoms with E-state index < -0.39 is 4.92 Å². The van der Waals surface area contributed by atoms with Crippen molar-refractivity contribution in [3.63, 3.8) is 0 Å². The number of nitro groups is 1. The molecule has 0 saturated heterocycles. The Morgan fingerprint density at radius 1 is 1.43 bits per heavy atom. The molecule has 3 aromatic rings. The maximum atomic E-state index is 10.9. The van der Waals surface area contributed by atoms with E-state index in [2.05, 4.69) is 20.3 Å². The molecule has 0 aliphatic heterocycles.